The molecule has 23 heavy (non-hydrogen) atoms. The summed E-state index contributed by atoms with van der Waals surface area (Å²) in [6, 6.07) is 7.52. The maximum Gasteiger partial charge on any atom is 0.286 e. The molecule has 0 aliphatic heterocycles. The molecule has 0 saturated carbocycles. The maximum atomic E-state index is 11.9. The van der Waals surface area contributed by atoms with Gasteiger partial charge in [0.2, 0.25) is 5.78 Å². The fourth-order valence-corrected chi connectivity index (χ4v) is 2.19. The molecule has 2 heterocycles. The molecule has 0 unspecified atom stereocenters. The van der Waals surface area contributed by atoms with Gasteiger partial charge in [-0.3, -0.25) is 9.59 Å². The summed E-state index contributed by atoms with van der Waals surface area (Å²) in [6.07, 6.45) is 3.28. The number of aromatic nitrogens is 4. The third kappa shape index (κ3) is 3.11. The van der Waals surface area contributed by atoms with Crippen molar-refractivity contribution in [3.05, 3.63) is 58.3 Å². The summed E-state index contributed by atoms with van der Waals surface area (Å²) in [5.41, 5.74) is 0.460. The largest absolute Gasteiger partial charge is 0.496 e. The first-order valence-corrected chi connectivity index (χ1v) is 6.69. The zero-order valence-electron chi connectivity index (χ0n) is 12.7. The fraction of sp³-hybridized carbons (Fsp3) is 0.200. The van der Waals surface area contributed by atoms with Crippen LogP contribution >= 0.6 is 0 Å². The number of fused-ring (bicyclic) bond motifs is 1. The lowest BCUT2D eigenvalue weighted by atomic mass is 10.2. The second-order valence-electron chi connectivity index (χ2n) is 4.42. The third-order valence-electron chi connectivity index (χ3n) is 3.18. The van der Waals surface area contributed by atoms with Crippen LogP contribution in [-0.2, 0) is 6.54 Å². The Kier molecular flexibility index (Phi) is 5.21. The first-order valence-electron chi connectivity index (χ1n) is 6.69. The molecule has 3 aromatic rings. The van der Waals surface area contributed by atoms with E-state index in [2.05, 4.69) is 10.1 Å². The van der Waals surface area contributed by atoms with Crippen LogP contribution < -0.4 is 10.3 Å². The van der Waals surface area contributed by atoms with Gasteiger partial charge in [-0.15, -0.1) is 0 Å². The lowest BCUT2D eigenvalue weighted by molar-refractivity contribution is 0.112. The molecule has 0 aliphatic rings. The Morgan fingerprint density at radius 3 is 2.74 bits per heavy atom. The molecule has 0 atom stereocenters. The van der Waals surface area contributed by atoms with Gasteiger partial charge in [-0.25, -0.2) is 0 Å². The number of methoxy groups -OCH3 is 1. The molecule has 1 N–H and O–H groups in total. The van der Waals surface area contributed by atoms with Crippen molar-refractivity contribution in [3.63, 3.8) is 0 Å². The van der Waals surface area contributed by atoms with Crippen LogP contribution in [0.5, 0.6) is 5.75 Å². The molecular weight excluding hydrogens is 300 g/mol. The average Bonchev–Trinajstić information content (AvgIpc) is 3.10. The number of ether oxygens (including phenoxy) is 1. The molecule has 0 saturated heterocycles. The first kappa shape index (κ1) is 16.4. The Morgan fingerprint density at radius 2 is 2.04 bits per heavy atom. The van der Waals surface area contributed by atoms with Gasteiger partial charge in [0.05, 0.1) is 19.2 Å². The fourth-order valence-electron chi connectivity index (χ4n) is 2.19. The Labute approximate surface area is 131 Å². The molecule has 0 bridgehead atoms. The zero-order valence-corrected chi connectivity index (χ0v) is 12.7. The smallest absolute Gasteiger partial charge is 0.286 e. The molecule has 0 radical (unpaired) electrons. The molecule has 0 spiro atoms. The second-order valence-corrected chi connectivity index (χ2v) is 4.42. The molecule has 0 amide bonds. The molecule has 8 nitrogen and oxygen atoms in total. The topological polar surface area (TPSA) is 98.7 Å². The van der Waals surface area contributed by atoms with Crippen LogP contribution in [0.25, 0.3) is 5.78 Å². The minimum Gasteiger partial charge on any atom is -0.496 e. The van der Waals surface area contributed by atoms with E-state index in [-0.39, 0.29) is 5.56 Å². The van der Waals surface area contributed by atoms with Gasteiger partial charge in [0, 0.05) is 18.9 Å². The first-order chi connectivity index (χ1) is 11.2. The van der Waals surface area contributed by atoms with Crippen LogP contribution in [0.4, 0.5) is 0 Å². The number of carbonyl (C=O) groups is 1. The highest BCUT2D eigenvalue weighted by Gasteiger charge is 2.11. The molecule has 8 heteroatoms. The van der Waals surface area contributed by atoms with E-state index in [1.165, 1.54) is 12.5 Å². The number of benzene rings is 1. The van der Waals surface area contributed by atoms with E-state index >= 15 is 0 Å². The predicted molar refractivity (Wildman–Crippen MR) is 82.9 cm³/mol. The van der Waals surface area contributed by atoms with Crippen molar-refractivity contribution in [2.45, 2.75) is 6.54 Å². The van der Waals surface area contributed by atoms with Crippen LogP contribution in [0.2, 0.25) is 0 Å². The van der Waals surface area contributed by atoms with E-state index in [0.717, 1.165) is 22.9 Å². The van der Waals surface area contributed by atoms with Crippen molar-refractivity contribution in [3.8, 4) is 5.75 Å². The van der Waals surface area contributed by atoms with Gasteiger partial charge in [0.1, 0.15) is 12.1 Å². The number of nitrogens with zero attached hydrogens (tertiary/aromatic N) is 4. The van der Waals surface area contributed by atoms with Crippen LogP contribution in [-0.4, -0.2) is 44.8 Å². The van der Waals surface area contributed by atoms with Crippen molar-refractivity contribution < 1.29 is 14.6 Å². The van der Waals surface area contributed by atoms with E-state index in [1.54, 1.807) is 11.7 Å². The van der Waals surface area contributed by atoms with Gasteiger partial charge < -0.3 is 14.4 Å². The van der Waals surface area contributed by atoms with Crippen molar-refractivity contribution in [1.82, 2.24) is 19.2 Å². The van der Waals surface area contributed by atoms with E-state index in [4.69, 9.17) is 9.84 Å². The number of para-hydroxylation sites is 1. The monoisotopic (exact) mass is 316 g/mol. The molecule has 1 aromatic carbocycles. The highest BCUT2D eigenvalue weighted by atomic mass is 16.5. The number of aliphatic hydroxyl groups is 1. The third-order valence-corrected chi connectivity index (χ3v) is 3.18. The van der Waals surface area contributed by atoms with Gasteiger partial charge in [-0.05, 0) is 6.07 Å². The molecule has 120 valence electrons. The minimum atomic E-state index is -0.478. The van der Waals surface area contributed by atoms with E-state index < -0.39 is 5.56 Å². The summed E-state index contributed by atoms with van der Waals surface area (Å²) >= 11 is 0. The number of rotatable bonds is 4. The van der Waals surface area contributed by atoms with Crippen LogP contribution in [0, 0.1) is 0 Å². The highest BCUT2D eigenvalue weighted by Crippen LogP contribution is 2.18. The summed E-state index contributed by atoms with van der Waals surface area (Å²) in [6.45, 7) is 0.410. The van der Waals surface area contributed by atoms with Crippen molar-refractivity contribution in [2.75, 3.05) is 14.2 Å². The van der Waals surface area contributed by atoms with Crippen LogP contribution in [0.3, 0.4) is 0 Å². The van der Waals surface area contributed by atoms with Crippen molar-refractivity contribution >= 4 is 12.1 Å². The molecular formula is C15H16N4O4. The highest BCUT2D eigenvalue weighted by molar-refractivity contribution is 5.73. The van der Waals surface area contributed by atoms with Gasteiger partial charge >= 0.3 is 0 Å². The van der Waals surface area contributed by atoms with E-state index in [1.807, 2.05) is 24.3 Å². The normalized spacial score (nSPS) is 10.0. The number of aliphatic hydroxyl groups excluding tert-OH is 1. The number of hydrogen-bond acceptors (Lipinski definition) is 6. The van der Waals surface area contributed by atoms with Crippen LogP contribution in [0.15, 0.2) is 41.6 Å². The minimum absolute atomic E-state index is 0.0305. The van der Waals surface area contributed by atoms with Gasteiger partial charge in [-0.1, -0.05) is 18.2 Å². The summed E-state index contributed by atoms with van der Waals surface area (Å²) in [5, 5.41) is 10.9. The van der Waals surface area contributed by atoms with Crippen LogP contribution in [0.1, 0.15) is 15.9 Å². The maximum absolute atomic E-state index is 11.9. The summed E-state index contributed by atoms with van der Waals surface area (Å²) in [5.74, 6) is 1.10. The predicted octanol–water partition coefficient (Wildman–Crippen LogP) is 0.369. The molecule has 2 aromatic heterocycles. The Bertz CT molecular complexity index is 869. The molecule has 0 aliphatic carbocycles. The summed E-state index contributed by atoms with van der Waals surface area (Å²) in [7, 11) is 2.59. The standard InChI is InChI=1S/C14H12N4O3.CH4O/c1-21-12-5-3-2-4-10(12)6-17-7-11(8-19)13(20)18-14(17)15-9-16-18;1-2/h2-5,7-9H,6H2,1H3;2H,1H3. The Morgan fingerprint density at radius 1 is 1.30 bits per heavy atom. The Hall–Kier alpha value is -3.00. The lowest BCUT2D eigenvalue weighted by Gasteiger charge is -2.11. The van der Waals surface area contributed by atoms with Gasteiger partial charge in [0.15, 0.2) is 6.29 Å². The average molecular weight is 316 g/mol. The molecule has 3 rings (SSSR count). The van der Waals surface area contributed by atoms with E-state index in [9.17, 15) is 9.59 Å². The van der Waals surface area contributed by atoms with Gasteiger partial charge in [-0.2, -0.15) is 14.6 Å². The number of hydrogen-bond donors (Lipinski definition) is 1. The summed E-state index contributed by atoms with van der Waals surface area (Å²) in [4.78, 5) is 27.0. The van der Waals surface area contributed by atoms with Gasteiger partial charge in [0.25, 0.3) is 5.56 Å². The van der Waals surface area contributed by atoms with Crippen molar-refractivity contribution in [1.29, 1.82) is 0 Å². The van der Waals surface area contributed by atoms with Crippen molar-refractivity contribution in [2.24, 2.45) is 0 Å². The number of aldehydes is 1. The quantitative estimate of drug-likeness (QED) is 0.698. The second kappa shape index (κ2) is 7.32. The van der Waals surface area contributed by atoms with E-state index in [0.29, 0.717) is 18.6 Å². The Balaban J connectivity index is 0.000000924. The zero-order chi connectivity index (χ0) is 16.8. The SMILES string of the molecule is CO.COc1ccccc1Cn1cc(C=O)c(=O)n2ncnc12. The lowest BCUT2D eigenvalue weighted by Crippen LogP contribution is -2.23. The summed E-state index contributed by atoms with van der Waals surface area (Å²) < 4.78 is 8.10. The molecule has 0 fully saturated rings. The number of carbonyl (C=O) groups excluding carboxylic acids is 1.